The normalized spacial score (nSPS) is 13.2. The lowest BCUT2D eigenvalue weighted by Crippen LogP contribution is -2.39. The molecule has 156 valence electrons. The molecule has 0 bridgehead atoms. The van der Waals surface area contributed by atoms with Crippen LogP contribution in [0, 0.1) is 0 Å². The Kier molecular flexibility index (Phi) is 5.31. The van der Waals surface area contributed by atoms with E-state index in [1.165, 1.54) is 0 Å². The number of rotatable bonds is 5. The monoisotopic (exact) mass is 409 g/mol. The number of ether oxygens (including phenoxy) is 2. The molecule has 1 N–H and O–H groups in total. The molecule has 1 aliphatic heterocycles. The van der Waals surface area contributed by atoms with Gasteiger partial charge < -0.3 is 19.4 Å². The molecule has 1 amide bonds. The summed E-state index contributed by atoms with van der Waals surface area (Å²) in [5, 5.41) is 0.428. The van der Waals surface area contributed by atoms with Crippen LogP contribution in [0.5, 0.6) is 11.5 Å². The van der Waals surface area contributed by atoms with Gasteiger partial charge in [-0.15, -0.1) is 0 Å². The van der Waals surface area contributed by atoms with E-state index in [2.05, 4.69) is 4.98 Å². The van der Waals surface area contributed by atoms with Crippen molar-refractivity contribution in [2.24, 2.45) is 0 Å². The average Bonchev–Trinajstić information content (AvgIpc) is 2.77. The van der Waals surface area contributed by atoms with Crippen LogP contribution in [0.1, 0.15) is 17.5 Å². The van der Waals surface area contributed by atoms with Crippen molar-refractivity contribution in [1.29, 1.82) is 0 Å². The Morgan fingerprint density at radius 2 is 1.77 bits per heavy atom. The molecule has 0 atom stereocenters. The summed E-state index contributed by atoms with van der Waals surface area (Å²) in [6.45, 7) is 1.06. The number of fused-ring (bicyclic) bond motifs is 2. The second-order valence-electron chi connectivity index (χ2n) is 7.22. The van der Waals surface area contributed by atoms with E-state index in [-0.39, 0.29) is 24.4 Å². The number of aromatic amines is 1. The van der Waals surface area contributed by atoms with Crippen LogP contribution in [0.25, 0.3) is 10.9 Å². The Labute approximate surface area is 172 Å². The minimum absolute atomic E-state index is 0.0348. The van der Waals surface area contributed by atoms with Crippen molar-refractivity contribution in [3.8, 4) is 11.5 Å². The van der Waals surface area contributed by atoms with Crippen LogP contribution in [0.15, 0.2) is 46.0 Å². The number of aromatic nitrogens is 2. The summed E-state index contributed by atoms with van der Waals surface area (Å²) in [6.07, 6.45) is 0.780. The maximum absolute atomic E-state index is 12.8. The minimum atomic E-state index is -0.507. The van der Waals surface area contributed by atoms with E-state index in [0.29, 0.717) is 41.9 Å². The lowest BCUT2D eigenvalue weighted by Gasteiger charge is -2.29. The van der Waals surface area contributed by atoms with Crippen molar-refractivity contribution in [2.45, 2.75) is 25.9 Å². The van der Waals surface area contributed by atoms with Gasteiger partial charge in [0.05, 0.1) is 25.1 Å². The van der Waals surface area contributed by atoms with Crippen LogP contribution in [-0.4, -0.2) is 41.1 Å². The third-order valence-electron chi connectivity index (χ3n) is 5.51. The summed E-state index contributed by atoms with van der Waals surface area (Å²) < 4.78 is 11.8. The molecule has 0 aliphatic carbocycles. The molecule has 2 heterocycles. The fourth-order valence-corrected chi connectivity index (χ4v) is 3.86. The van der Waals surface area contributed by atoms with Crippen LogP contribution in [0.3, 0.4) is 0 Å². The molecule has 0 fully saturated rings. The summed E-state index contributed by atoms with van der Waals surface area (Å²) in [5.41, 5.74) is 1.73. The predicted octanol–water partition coefficient (Wildman–Crippen LogP) is 1.68. The number of benzene rings is 2. The smallest absolute Gasteiger partial charge is 0.328 e. The average molecular weight is 409 g/mol. The van der Waals surface area contributed by atoms with Gasteiger partial charge in [0, 0.05) is 26.1 Å². The second kappa shape index (κ2) is 8.06. The van der Waals surface area contributed by atoms with Gasteiger partial charge in [-0.1, -0.05) is 12.1 Å². The first-order valence-electron chi connectivity index (χ1n) is 9.75. The SMILES string of the molecule is COc1cc2c(cc1OC)CN(C(=O)CCn1c(=O)[nH]c3ccccc3c1=O)CC2. The molecule has 0 saturated heterocycles. The zero-order valence-electron chi connectivity index (χ0n) is 16.9. The van der Waals surface area contributed by atoms with Gasteiger partial charge in [-0.2, -0.15) is 0 Å². The minimum Gasteiger partial charge on any atom is -0.493 e. The maximum atomic E-state index is 12.8. The molecular formula is C22H23N3O5. The summed E-state index contributed by atoms with van der Waals surface area (Å²) in [4.78, 5) is 42.1. The van der Waals surface area contributed by atoms with Crippen molar-refractivity contribution in [2.75, 3.05) is 20.8 Å². The van der Waals surface area contributed by atoms with E-state index < -0.39 is 5.69 Å². The number of nitrogens with zero attached hydrogens (tertiary/aromatic N) is 2. The van der Waals surface area contributed by atoms with E-state index in [1.54, 1.807) is 43.4 Å². The molecule has 1 aliphatic rings. The van der Waals surface area contributed by atoms with Crippen LogP contribution in [-0.2, 0) is 24.3 Å². The Morgan fingerprint density at radius 3 is 2.50 bits per heavy atom. The van der Waals surface area contributed by atoms with Crippen molar-refractivity contribution in [3.05, 3.63) is 68.4 Å². The topological polar surface area (TPSA) is 93.6 Å². The number of hydrogen-bond donors (Lipinski definition) is 1. The molecule has 3 aromatic rings. The molecule has 8 heteroatoms. The van der Waals surface area contributed by atoms with Gasteiger partial charge >= 0.3 is 5.69 Å². The van der Waals surface area contributed by atoms with Gasteiger partial charge in [-0.05, 0) is 41.8 Å². The number of carbonyl (C=O) groups excluding carboxylic acids is 1. The van der Waals surface area contributed by atoms with Crippen molar-refractivity contribution < 1.29 is 14.3 Å². The molecule has 0 unspecified atom stereocenters. The number of H-pyrrole nitrogens is 1. The highest BCUT2D eigenvalue weighted by atomic mass is 16.5. The Balaban J connectivity index is 1.50. The van der Waals surface area contributed by atoms with E-state index in [0.717, 1.165) is 15.7 Å². The van der Waals surface area contributed by atoms with Gasteiger partial charge in [0.1, 0.15) is 0 Å². The third kappa shape index (κ3) is 3.56. The Hall–Kier alpha value is -3.55. The fraction of sp³-hybridized carbons (Fsp3) is 0.318. The van der Waals surface area contributed by atoms with Gasteiger partial charge in [0.25, 0.3) is 5.56 Å². The maximum Gasteiger partial charge on any atom is 0.328 e. The highest BCUT2D eigenvalue weighted by molar-refractivity contribution is 5.78. The van der Waals surface area contributed by atoms with Crippen LogP contribution in [0.2, 0.25) is 0 Å². The molecule has 0 saturated carbocycles. The van der Waals surface area contributed by atoms with Crippen LogP contribution >= 0.6 is 0 Å². The van der Waals surface area contributed by atoms with Gasteiger partial charge in [-0.3, -0.25) is 14.2 Å². The molecular weight excluding hydrogens is 386 g/mol. The van der Waals surface area contributed by atoms with Crippen LogP contribution in [0.4, 0.5) is 0 Å². The quantitative estimate of drug-likeness (QED) is 0.692. The number of carbonyl (C=O) groups is 1. The van der Waals surface area contributed by atoms with E-state index in [9.17, 15) is 14.4 Å². The lowest BCUT2D eigenvalue weighted by atomic mass is 9.98. The fourth-order valence-electron chi connectivity index (χ4n) is 3.86. The zero-order chi connectivity index (χ0) is 21.3. The van der Waals surface area contributed by atoms with E-state index in [1.807, 2.05) is 12.1 Å². The summed E-state index contributed by atoms with van der Waals surface area (Å²) in [6, 6.07) is 10.7. The largest absolute Gasteiger partial charge is 0.493 e. The molecule has 2 aromatic carbocycles. The van der Waals surface area contributed by atoms with Crippen molar-refractivity contribution in [1.82, 2.24) is 14.5 Å². The summed E-state index contributed by atoms with van der Waals surface area (Å²) in [5.74, 6) is 1.20. The standard InChI is InChI=1S/C22H23N3O5/c1-29-18-11-14-7-9-24(13-15(14)12-19(18)30-2)20(26)8-10-25-21(27)16-5-3-4-6-17(16)23-22(25)28/h3-6,11-12H,7-10,13H2,1-2H3,(H,23,28). The first-order chi connectivity index (χ1) is 14.5. The highest BCUT2D eigenvalue weighted by Crippen LogP contribution is 2.33. The predicted molar refractivity (Wildman–Crippen MR) is 112 cm³/mol. The van der Waals surface area contributed by atoms with Gasteiger partial charge in [-0.25, -0.2) is 4.79 Å². The highest BCUT2D eigenvalue weighted by Gasteiger charge is 2.23. The first kappa shape index (κ1) is 19.8. The third-order valence-corrected chi connectivity index (χ3v) is 5.51. The zero-order valence-corrected chi connectivity index (χ0v) is 16.9. The van der Waals surface area contributed by atoms with Crippen molar-refractivity contribution >= 4 is 16.8 Å². The molecule has 0 spiro atoms. The summed E-state index contributed by atoms with van der Waals surface area (Å²) in [7, 11) is 3.17. The number of para-hydroxylation sites is 1. The molecule has 0 radical (unpaired) electrons. The molecule has 30 heavy (non-hydrogen) atoms. The first-order valence-corrected chi connectivity index (χ1v) is 9.75. The second-order valence-corrected chi connectivity index (χ2v) is 7.22. The Bertz CT molecular complexity index is 1230. The molecule has 1 aromatic heterocycles. The van der Waals surface area contributed by atoms with E-state index >= 15 is 0 Å². The summed E-state index contributed by atoms with van der Waals surface area (Å²) >= 11 is 0. The number of amides is 1. The van der Waals surface area contributed by atoms with Gasteiger partial charge in [0.2, 0.25) is 5.91 Å². The number of hydrogen-bond acceptors (Lipinski definition) is 5. The lowest BCUT2D eigenvalue weighted by molar-refractivity contribution is -0.132. The van der Waals surface area contributed by atoms with Gasteiger partial charge in [0.15, 0.2) is 11.5 Å². The molecule has 4 rings (SSSR count). The number of nitrogens with one attached hydrogen (secondary N) is 1. The van der Waals surface area contributed by atoms with Crippen LogP contribution < -0.4 is 20.7 Å². The van der Waals surface area contributed by atoms with E-state index in [4.69, 9.17) is 9.47 Å². The number of methoxy groups -OCH3 is 2. The molecule has 8 nitrogen and oxygen atoms in total. The Morgan fingerprint density at radius 1 is 1.07 bits per heavy atom. The van der Waals surface area contributed by atoms with Crippen molar-refractivity contribution in [3.63, 3.8) is 0 Å².